The van der Waals surface area contributed by atoms with E-state index >= 15 is 0 Å². The third-order valence-electron chi connectivity index (χ3n) is 2.54. The van der Waals surface area contributed by atoms with E-state index in [-0.39, 0.29) is 19.1 Å². The van der Waals surface area contributed by atoms with E-state index in [1.54, 1.807) is 12.1 Å². The first-order valence-corrected chi connectivity index (χ1v) is 7.37. The Balaban J connectivity index is 2.65. The lowest BCUT2D eigenvalue weighted by Gasteiger charge is -2.13. The number of rotatable bonds is 9. The van der Waals surface area contributed by atoms with Gasteiger partial charge in [-0.05, 0) is 35.0 Å². The van der Waals surface area contributed by atoms with Crippen molar-refractivity contribution in [2.24, 2.45) is 0 Å². The molecule has 0 aliphatic rings. The zero-order chi connectivity index (χ0) is 16.5. The summed E-state index contributed by atoms with van der Waals surface area (Å²) in [6.45, 7) is 2.26. The molecule has 2 N–H and O–H groups in total. The van der Waals surface area contributed by atoms with Crippen molar-refractivity contribution in [2.75, 3.05) is 33.5 Å². The zero-order valence-electron chi connectivity index (χ0n) is 12.3. The number of nitrogens with one attached hydrogen (secondary N) is 1. The van der Waals surface area contributed by atoms with E-state index in [9.17, 15) is 9.59 Å². The lowest BCUT2D eigenvalue weighted by Crippen LogP contribution is -2.28. The number of amides is 1. The molecule has 0 saturated heterocycles. The Bertz CT molecular complexity index is 534. The fourth-order valence-electron chi connectivity index (χ4n) is 1.63. The predicted molar refractivity (Wildman–Crippen MR) is 82.7 cm³/mol. The second-order valence-corrected chi connectivity index (χ2v) is 4.98. The Kier molecular flexibility index (Phi) is 7.69. The number of carboxylic acids is 1. The van der Waals surface area contributed by atoms with Gasteiger partial charge in [-0.1, -0.05) is 0 Å². The molecular formula is C14H18BrNO6. The van der Waals surface area contributed by atoms with Crippen LogP contribution in [-0.2, 0) is 9.53 Å². The molecule has 22 heavy (non-hydrogen) atoms. The number of aliphatic carboxylic acids is 1. The molecule has 1 aromatic rings. The summed E-state index contributed by atoms with van der Waals surface area (Å²) in [6.07, 6.45) is 0. The number of hydrogen-bond donors (Lipinski definition) is 2. The average Bonchev–Trinajstić information content (AvgIpc) is 2.48. The maximum atomic E-state index is 12.0. The van der Waals surface area contributed by atoms with Crippen molar-refractivity contribution in [1.82, 2.24) is 5.32 Å². The molecule has 0 radical (unpaired) electrons. The molecule has 0 aliphatic carbocycles. The number of methoxy groups -OCH3 is 1. The van der Waals surface area contributed by atoms with Gasteiger partial charge in [0.1, 0.15) is 6.61 Å². The van der Waals surface area contributed by atoms with Crippen molar-refractivity contribution in [3.63, 3.8) is 0 Å². The van der Waals surface area contributed by atoms with Crippen LogP contribution in [0.3, 0.4) is 0 Å². The van der Waals surface area contributed by atoms with E-state index in [4.69, 9.17) is 19.3 Å². The van der Waals surface area contributed by atoms with Gasteiger partial charge < -0.3 is 24.6 Å². The van der Waals surface area contributed by atoms with Crippen LogP contribution in [0.2, 0.25) is 0 Å². The standard InChI is InChI=1S/C14H18BrNO6/c1-3-22-13-10(15)6-9(7-11(13)20-2)14(19)16-4-5-21-8-12(17)18/h6-7H,3-5,8H2,1-2H3,(H,16,19)(H,17,18). The summed E-state index contributed by atoms with van der Waals surface area (Å²) in [5.41, 5.74) is 0.394. The Hall–Kier alpha value is -1.80. The zero-order valence-corrected chi connectivity index (χ0v) is 13.9. The maximum absolute atomic E-state index is 12.0. The van der Waals surface area contributed by atoms with Crippen molar-refractivity contribution < 1.29 is 28.9 Å². The lowest BCUT2D eigenvalue weighted by molar-refractivity contribution is -0.142. The molecule has 7 nitrogen and oxygen atoms in total. The molecule has 1 aromatic carbocycles. The summed E-state index contributed by atoms with van der Waals surface area (Å²) < 4.78 is 16.1. The van der Waals surface area contributed by atoms with Crippen molar-refractivity contribution in [1.29, 1.82) is 0 Å². The summed E-state index contributed by atoms with van der Waals surface area (Å²) >= 11 is 3.34. The lowest BCUT2D eigenvalue weighted by atomic mass is 10.2. The normalized spacial score (nSPS) is 10.1. The highest BCUT2D eigenvalue weighted by Crippen LogP contribution is 2.36. The molecule has 0 fully saturated rings. The van der Waals surface area contributed by atoms with Crippen LogP contribution in [0.15, 0.2) is 16.6 Å². The van der Waals surface area contributed by atoms with Gasteiger partial charge in [0.15, 0.2) is 11.5 Å². The van der Waals surface area contributed by atoms with E-state index in [0.717, 1.165) is 0 Å². The van der Waals surface area contributed by atoms with Crippen LogP contribution in [0, 0.1) is 0 Å². The van der Waals surface area contributed by atoms with E-state index < -0.39 is 12.6 Å². The number of carboxylic acid groups (broad SMARTS) is 1. The topological polar surface area (TPSA) is 94.1 Å². The number of carbonyl (C=O) groups excluding carboxylic acids is 1. The minimum Gasteiger partial charge on any atom is -0.493 e. The number of hydrogen-bond acceptors (Lipinski definition) is 5. The van der Waals surface area contributed by atoms with Crippen LogP contribution in [0.4, 0.5) is 0 Å². The first kappa shape index (κ1) is 18.2. The molecule has 122 valence electrons. The van der Waals surface area contributed by atoms with E-state index in [1.807, 2.05) is 6.92 Å². The number of benzene rings is 1. The Morgan fingerprint density at radius 2 is 2.09 bits per heavy atom. The van der Waals surface area contributed by atoms with E-state index in [1.165, 1.54) is 7.11 Å². The SMILES string of the molecule is CCOc1c(Br)cc(C(=O)NCCOCC(=O)O)cc1OC. The van der Waals surface area contributed by atoms with Gasteiger partial charge in [-0.25, -0.2) is 4.79 Å². The summed E-state index contributed by atoms with van der Waals surface area (Å²) in [5, 5.41) is 11.0. The van der Waals surface area contributed by atoms with Crippen LogP contribution in [0.25, 0.3) is 0 Å². The maximum Gasteiger partial charge on any atom is 0.329 e. The number of ether oxygens (including phenoxy) is 3. The van der Waals surface area contributed by atoms with Gasteiger partial charge in [0, 0.05) is 12.1 Å². The van der Waals surface area contributed by atoms with Crippen LogP contribution < -0.4 is 14.8 Å². The van der Waals surface area contributed by atoms with Gasteiger partial charge in [0.05, 0.1) is 24.8 Å². The Morgan fingerprint density at radius 1 is 1.36 bits per heavy atom. The first-order valence-electron chi connectivity index (χ1n) is 6.57. The van der Waals surface area contributed by atoms with Crippen LogP contribution in [0.1, 0.15) is 17.3 Å². The monoisotopic (exact) mass is 375 g/mol. The highest BCUT2D eigenvalue weighted by molar-refractivity contribution is 9.10. The molecule has 0 aromatic heterocycles. The average molecular weight is 376 g/mol. The Morgan fingerprint density at radius 3 is 2.68 bits per heavy atom. The summed E-state index contributed by atoms with van der Waals surface area (Å²) in [6, 6.07) is 3.20. The van der Waals surface area contributed by atoms with Crippen molar-refractivity contribution in [2.45, 2.75) is 6.92 Å². The quantitative estimate of drug-likeness (QED) is 0.637. The minimum atomic E-state index is -1.05. The highest BCUT2D eigenvalue weighted by atomic mass is 79.9. The van der Waals surface area contributed by atoms with Crippen LogP contribution >= 0.6 is 15.9 Å². The van der Waals surface area contributed by atoms with Gasteiger partial charge in [-0.2, -0.15) is 0 Å². The minimum absolute atomic E-state index is 0.118. The van der Waals surface area contributed by atoms with Crippen LogP contribution in [0.5, 0.6) is 11.5 Å². The summed E-state index contributed by atoms with van der Waals surface area (Å²) in [4.78, 5) is 22.3. The summed E-state index contributed by atoms with van der Waals surface area (Å²) in [5.74, 6) is -0.387. The van der Waals surface area contributed by atoms with Crippen molar-refractivity contribution >= 4 is 27.8 Å². The van der Waals surface area contributed by atoms with Gasteiger partial charge in [0.2, 0.25) is 0 Å². The van der Waals surface area contributed by atoms with Gasteiger partial charge in [-0.3, -0.25) is 4.79 Å². The molecule has 8 heteroatoms. The molecule has 0 aliphatic heterocycles. The highest BCUT2D eigenvalue weighted by Gasteiger charge is 2.15. The summed E-state index contributed by atoms with van der Waals surface area (Å²) in [7, 11) is 1.49. The second kappa shape index (κ2) is 9.26. The van der Waals surface area contributed by atoms with Gasteiger partial charge in [-0.15, -0.1) is 0 Å². The number of carbonyl (C=O) groups is 2. The molecule has 0 spiro atoms. The molecule has 0 unspecified atom stereocenters. The fraction of sp³-hybridized carbons (Fsp3) is 0.429. The molecule has 0 saturated carbocycles. The third kappa shape index (κ3) is 5.53. The molecule has 0 bridgehead atoms. The van der Waals surface area contributed by atoms with E-state index in [0.29, 0.717) is 28.1 Å². The molecule has 1 rings (SSSR count). The smallest absolute Gasteiger partial charge is 0.329 e. The fourth-order valence-corrected chi connectivity index (χ4v) is 2.19. The predicted octanol–water partition coefficient (Wildman–Crippen LogP) is 1.69. The second-order valence-electron chi connectivity index (χ2n) is 4.12. The van der Waals surface area contributed by atoms with Crippen molar-refractivity contribution in [3.8, 4) is 11.5 Å². The molecule has 0 heterocycles. The first-order chi connectivity index (χ1) is 10.5. The number of halogens is 1. The largest absolute Gasteiger partial charge is 0.493 e. The molecular weight excluding hydrogens is 358 g/mol. The van der Waals surface area contributed by atoms with E-state index in [2.05, 4.69) is 21.2 Å². The van der Waals surface area contributed by atoms with Crippen molar-refractivity contribution in [3.05, 3.63) is 22.2 Å². The molecule has 1 amide bonds. The Labute approximate surface area is 136 Å². The van der Waals surface area contributed by atoms with Gasteiger partial charge in [0.25, 0.3) is 5.91 Å². The molecule has 0 atom stereocenters. The van der Waals surface area contributed by atoms with Gasteiger partial charge >= 0.3 is 5.97 Å². The third-order valence-corrected chi connectivity index (χ3v) is 3.13. The van der Waals surface area contributed by atoms with Crippen LogP contribution in [-0.4, -0.2) is 50.5 Å².